The predicted molar refractivity (Wildman–Crippen MR) is 81.0 cm³/mol. The number of ether oxygens (including phenoxy) is 1. The number of thioether (sulfide) groups is 1. The van der Waals surface area contributed by atoms with E-state index in [2.05, 4.69) is 23.9 Å². The molecule has 0 aromatic heterocycles. The first kappa shape index (κ1) is 14.4. The maximum absolute atomic E-state index is 5.05. The molecular formula is C15H17NOS. The Balaban J connectivity index is 2.86. The van der Waals surface area contributed by atoms with E-state index < -0.39 is 0 Å². The SMILES string of the molecule is C=C=C(C(=NCCOC=C)SC)c1ccccc1. The third-order valence-electron chi connectivity index (χ3n) is 2.23. The van der Waals surface area contributed by atoms with Crippen LogP contribution in [0.4, 0.5) is 0 Å². The third-order valence-corrected chi connectivity index (χ3v) is 2.95. The van der Waals surface area contributed by atoms with Gasteiger partial charge in [0.15, 0.2) is 0 Å². The minimum absolute atomic E-state index is 0.534. The number of hydrogen-bond acceptors (Lipinski definition) is 3. The van der Waals surface area contributed by atoms with Gasteiger partial charge in [0.1, 0.15) is 11.7 Å². The van der Waals surface area contributed by atoms with Crippen molar-refractivity contribution in [2.45, 2.75) is 0 Å². The van der Waals surface area contributed by atoms with Crippen LogP contribution in [0.3, 0.4) is 0 Å². The Labute approximate surface area is 113 Å². The fourth-order valence-electron chi connectivity index (χ4n) is 1.43. The molecule has 0 heterocycles. The van der Waals surface area contributed by atoms with Gasteiger partial charge >= 0.3 is 0 Å². The molecule has 0 aliphatic rings. The van der Waals surface area contributed by atoms with Crippen LogP contribution in [0.25, 0.3) is 5.57 Å². The second-order valence-electron chi connectivity index (χ2n) is 3.35. The molecule has 0 amide bonds. The van der Waals surface area contributed by atoms with Crippen LogP contribution < -0.4 is 0 Å². The highest BCUT2D eigenvalue weighted by molar-refractivity contribution is 8.14. The Morgan fingerprint density at radius 1 is 1.44 bits per heavy atom. The van der Waals surface area contributed by atoms with Crippen LogP contribution >= 0.6 is 11.8 Å². The number of hydrogen-bond donors (Lipinski definition) is 0. The summed E-state index contributed by atoms with van der Waals surface area (Å²) < 4.78 is 5.05. The van der Waals surface area contributed by atoms with E-state index in [4.69, 9.17) is 4.74 Å². The second-order valence-corrected chi connectivity index (χ2v) is 4.14. The number of rotatable bonds is 6. The van der Waals surface area contributed by atoms with Gasteiger partial charge in [-0.3, -0.25) is 4.99 Å². The van der Waals surface area contributed by atoms with Gasteiger partial charge in [0.05, 0.1) is 18.4 Å². The van der Waals surface area contributed by atoms with Crippen LogP contribution in [0.2, 0.25) is 0 Å². The summed E-state index contributed by atoms with van der Waals surface area (Å²) in [7, 11) is 0. The van der Waals surface area contributed by atoms with E-state index >= 15 is 0 Å². The summed E-state index contributed by atoms with van der Waals surface area (Å²) in [4.78, 5) is 4.49. The average Bonchev–Trinajstić information content (AvgIpc) is 2.43. The van der Waals surface area contributed by atoms with Crippen LogP contribution in [0, 0.1) is 0 Å². The van der Waals surface area contributed by atoms with Gasteiger partial charge < -0.3 is 4.74 Å². The highest BCUT2D eigenvalue weighted by Crippen LogP contribution is 2.20. The summed E-state index contributed by atoms with van der Waals surface area (Å²) >= 11 is 1.58. The molecule has 0 atom stereocenters. The third kappa shape index (κ3) is 4.28. The Morgan fingerprint density at radius 2 is 2.17 bits per heavy atom. The standard InChI is InChI=1S/C15H17NOS/c1-4-14(13-9-7-6-8-10-13)15(18-3)16-11-12-17-5-2/h5-10H,1-2,11-12H2,3H3. The van der Waals surface area contributed by atoms with E-state index in [1.54, 1.807) is 11.8 Å². The van der Waals surface area contributed by atoms with Crippen LogP contribution in [-0.2, 0) is 4.74 Å². The van der Waals surface area contributed by atoms with Crippen LogP contribution in [0.5, 0.6) is 0 Å². The van der Waals surface area contributed by atoms with Crippen molar-refractivity contribution in [3.63, 3.8) is 0 Å². The van der Waals surface area contributed by atoms with Crippen molar-refractivity contribution in [2.75, 3.05) is 19.4 Å². The largest absolute Gasteiger partial charge is 0.500 e. The second kappa shape index (κ2) is 8.40. The monoisotopic (exact) mass is 259 g/mol. The van der Waals surface area contributed by atoms with E-state index in [1.807, 2.05) is 36.6 Å². The van der Waals surface area contributed by atoms with Gasteiger partial charge in [-0.15, -0.1) is 17.5 Å². The van der Waals surface area contributed by atoms with Gasteiger partial charge in [-0.1, -0.05) is 43.5 Å². The quantitative estimate of drug-likeness (QED) is 0.255. The molecule has 2 nitrogen and oxygen atoms in total. The summed E-state index contributed by atoms with van der Waals surface area (Å²) in [6, 6.07) is 10.0. The number of aliphatic imine (C=N–C) groups is 1. The van der Waals surface area contributed by atoms with Crippen LogP contribution in [0.15, 0.2) is 60.5 Å². The van der Waals surface area contributed by atoms with Crippen molar-refractivity contribution in [1.82, 2.24) is 0 Å². The molecule has 94 valence electrons. The summed E-state index contributed by atoms with van der Waals surface area (Å²) in [5.74, 6) is 0. The fourth-order valence-corrected chi connectivity index (χ4v) is 2.05. The van der Waals surface area contributed by atoms with Crippen molar-refractivity contribution in [3.05, 3.63) is 61.0 Å². The van der Waals surface area contributed by atoms with E-state index in [0.29, 0.717) is 13.2 Å². The van der Waals surface area contributed by atoms with Crippen molar-refractivity contribution < 1.29 is 4.74 Å². The zero-order chi connectivity index (χ0) is 13.2. The molecule has 0 N–H and O–H groups in total. The summed E-state index contributed by atoms with van der Waals surface area (Å²) in [5, 5.41) is 0.920. The van der Waals surface area contributed by atoms with Gasteiger partial charge in [0.2, 0.25) is 0 Å². The van der Waals surface area contributed by atoms with Gasteiger partial charge in [0, 0.05) is 0 Å². The minimum atomic E-state index is 0.534. The molecule has 0 saturated carbocycles. The zero-order valence-electron chi connectivity index (χ0n) is 10.6. The van der Waals surface area contributed by atoms with E-state index in [-0.39, 0.29) is 0 Å². The first-order valence-corrected chi connectivity index (χ1v) is 6.82. The van der Waals surface area contributed by atoms with Crippen molar-refractivity contribution >= 4 is 22.4 Å². The van der Waals surface area contributed by atoms with E-state index in [1.165, 1.54) is 6.26 Å². The normalized spacial score (nSPS) is 10.6. The van der Waals surface area contributed by atoms with E-state index in [0.717, 1.165) is 16.2 Å². The highest BCUT2D eigenvalue weighted by Gasteiger charge is 2.07. The van der Waals surface area contributed by atoms with Crippen molar-refractivity contribution in [2.24, 2.45) is 4.99 Å². The van der Waals surface area contributed by atoms with Gasteiger partial charge in [-0.05, 0) is 11.8 Å². The molecule has 0 unspecified atom stereocenters. The maximum atomic E-state index is 5.05. The van der Waals surface area contributed by atoms with Crippen LogP contribution in [-0.4, -0.2) is 24.5 Å². The Hall–Kier alpha value is -1.70. The first-order valence-electron chi connectivity index (χ1n) is 5.60. The summed E-state index contributed by atoms with van der Waals surface area (Å²) in [6.45, 7) is 8.37. The molecule has 0 spiro atoms. The van der Waals surface area contributed by atoms with Gasteiger partial charge in [0.25, 0.3) is 0 Å². The molecule has 1 aromatic carbocycles. The number of nitrogens with zero attached hydrogens (tertiary/aromatic N) is 1. The Morgan fingerprint density at radius 3 is 2.72 bits per heavy atom. The predicted octanol–water partition coefficient (Wildman–Crippen LogP) is 3.78. The lowest BCUT2D eigenvalue weighted by Gasteiger charge is -2.07. The molecule has 0 aliphatic heterocycles. The molecule has 18 heavy (non-hydrogen) atoms. The maximum Gasteiger partial charge on any atom is 0.107 e. The molecular weight excluding hydrogens is 242 g/mol. The molecule has 3 heteroatoms. The molecule has 0 aliphatic carbocycles. The lowest BCUT2D eigenvalue weighted by molar-refractivity contribution is 0.261. The van der Waals surface area contributed by atoms with Gasteiger partial charge in [-0.25, -0.2) is 0 Å². The molecule has 0 saturated heterocycles. The molecule has 1 rings (SSSR count). The zero-order valence-corrected chi connectivity index (χ0v) is 11.4. The van der Waals surface area contributed by atoms with Crippen molar-refractivity contribution in [3.8, 4) is 0 Å². The van der Waals surface area contributed by atoms with Crippen molar-refractivity contribution in [1.29, 1.82) is 0 Å². The summed E-state index contributed by atoms with van der Waals surface area (Å²) in [6.07, 6.45) is 3.42. The Kier molecular flexibility index (Phi) is 6.70. The lowest BCUT2D eigenvalue weighted by Crippen LogP contribution is -2.00. The molecule has 0 bridgehead atoms. The van der Waals surface area contributed by atoms with E-state index in [9.17, 15) is 0 Å². The molecule has 0 fully saturated rings. The lowest BCUT2D eigenvalue weighted by atomic mass is 10.1. The molecule has 1 aromatic rings. The van der Waals surface area contributed by atoms with Gasteiger partial charge in [-0.2, -0.15) is 0 Å². The highest BCUT2D eigenvalue weighted by atomic mass is 32.2. The van der Waals surface area contributed by atoms with Crippen LogP contribution in [0.1, 0.15) is 5.56 Å². The summed E-state index contributed by atoms with van der Waals surface area (Å²) in [5.41, 5.74) is 4.97. The Bertz CT molecular complexity index is 459. The number of benzene rings is 1. The fraction of sp³-hybridized carbons (Fsp3) is 0.200. The smallest absolute Gasteiger partial charge is 0.107 e. The molecule has 0 radical (unpaired) electrons. The average molecular weight is 259 g/mol. The first-order chi connectivity index (χ1) is 8.83. The topological polar surface area (TPSA) is 21.6 Å². The minimum Gasteiger partial charge on any atom is -0.500 e.